The molecule has 0 aliphatic carbocycles. The Balaban J connectivity index is 2.48. The third-order valence-corrected chi connectivity index (χ3v) is 3.71. The monoisotopic (exact) mass is 334 g/mol. The summed E-state index contributed by atoms with van der Waals surface area (Å²) in [5.41, 5.74) is 65.0. The van der Waals surface area contributed by atoms with Gasteiger partial charge in [0.2, 0.25) is 0 Å². The fourth-order valence-corrected chi connectivity index (χ4v) is 2.09. The molecule has 22 N–H and O–H groups in total. The molecule has 12 nitrogen and oxygen atoms in total. The third kappa shape index (κ3) is 2.18. The van der Waals surface area contributed by atoms with E-state index in [1.165, 1.54) is 0 Å². The minimum absolute atomic E-state index is 0.0864. The smallest absolute Gasteiger partial charge is 0.104 e. The van der Waals surface area contributed by atoms with Crippen LogP contribution < -0.4 is 68.2 Å². The Labute approximate surface area is 137 Å². The van der Waals surface area contributed by atoms with Crippen LogP contribution in [0.1, 0.15) is 0 Å². The third-order valence-electron chi connectivity index (χ3n) is 3.71. The van der Waals surface area contributed by atoms with Gasteiger partial charge in [-0.05, 0) is 0 Å². The molecule has 130 valence electrons. The van der Waals surface area contributed by atoms with Crippen molar-refractivity contribution in [3.8, 4) is 0 Å². The molecule has 0 atom stereocenters. The lowest BCUT2D eigenvalue weighted by molar-refractivity contribution is 1.42. The van der Waals surface area contributed by atoms with E-state index in [4.69, 9.17) is 57.3 Å². The van der Waals surface area contributed by atoms with Gasteiger partial charge >= 0.3 is 0 Å². The summed E-state index contributed by atoms with van der Waals surface area (Å²) in [7, 11) is 0. The van der Waals surface area contributed by atoms with Gasteiger partial charge in [-0.1, -0.05) is 0 Å². The Morgan fingerprint density at radius 2 is 0.458 bits per heavy atom. The van der Waals surface area contributed by atoms with Crippen LogP contribution in [0, 0.1) is 0 Å². The molecule has 0 radical (unpaired) electrons. The van der Waals surface area contributed by atoms with Gasteiger partial charge in [0.25, 0.3) is 0 Å². The zero-order valence-corrected chi connectivity index (χ0v) is 12.8. The van der Waals surface area contributed by atoms with Gasteiger partial charge in [0.05, 0.1) is 56.9 Å². The molecule has 12 heteroatoms. The lowest BCUT2D eigenvalue weighted by Crippen LogP contribution is -2.19. The van der Waals surface area contributed by atoms with Crippen molar-refractivity contribution in [1.82, 2.24) is 0 Å². The van der Waals surface area contributed by atoms with Crippen LogP contribution >= 0.6 is 0 Å². The second-order valence-corrected chi connectivity index (χ2v) is 5.14. The molecule has 0 fully saturated rings. The molecular formula is C12H22N12. The van der Waals surface area contributed by atoms with E-state index in [1.807, 2.05) is 0 Å². The van der Waals surface area contributed by atoms with Crippen LogP contribution in [0.15, 0.2) is 0 Å². The van der Waals surface area contributed by atoms with Crippen LogP contribution in [0.4, 0.5) is 68.2 Å². The van der Waals surface area contributed by atoms with E-state index in [-0.39, 0.29) is 68.2 Å². The largest absolute Gasteiger partial charge is 0.395 e. The number of nitrogens with two attached hydrogens (primary N) is 10. The van der Waals surface area contributed by atoms with Crippen molar-refractivity contribution in [3.63, 3.8) is 0 Å². The zero-order valence-electron chi connectivity index (χ0n) is 12.8. The summed E-state index contributed by atoms with van der Waals surface area (Å²) in [5.74, 6) is 0. The zero-order chi connectivity index (χ0) is 18.3. The van der Waals surface area contributed by atoms with Crippen molar-refractivity contribution in [2.45, 2.75) is 0 Å². The molecule has 0 heterocycles. The SMILES string of the molecule is Nc1c(N)c(N)c(NNc2c(N)c(N)c(N)c(N)c2N)c(N)c1N. The van der Waals surface area contributed by atoms with E-state index in [0.29, 0.717) is 0 Å². The van der Waals surface area contributed by atoms with E-state index in [0.717, 1.165) is 0 Å². The van der Waals surface area contributed by atoms with Crippen LogP contribution in [-0.2, 0) is 0 Å². The van der Waals surface area contributed by atoms with Crippen molar-refractivity contribution in [3.05, 3.63) is 0 Å². The molecule has 2 aromatic carbocycles. The summed E-state index contributed by atoms with van der Waals surface area (Å²) < 4.78 is 0. The van der Waals surface area contributed by atoms with Gasteiger partial charge < -0.3 is 57.3 Å². The molecule has 0 aliphatic rings. The number of nitrogen functional groups attached to an aromatic ring is 10. The second-order valence-electron chi connectivity index (χ2n) is 5.14. The molecular weight excluding hydrogens is 312 g/mol. The van der Waals surface area contributed by atoms with E-state index in [9.17, 15) is 0 Å². The summed E-state index contributed by atoms with van der Waals surface area (Å²) in [4.78, 5) is 0. The topological polar surface area (TPSA) is 284 Å². The predicted molar refractivity (Wildman–Crippen MR) is 104 cm³/mol. The molecule has 2 rings (SSSR count). The molecule has 0 aliphatic heterocycles. The molecule has 24 heavy (non-hydrogen) atoms. The number of anilines is 12. The lowest BCUT2D eigenvalue weighted by atomic mass is 10.1. The van der Waals surface area contributed by atoms with Gasteiger partial charge in [0.1, 0.15) is 11.4 Å². The first kappa shape index (κ1) is 16.4. The highest BCUT2D eigenvalue weighted by Crippen LogP contribution is 2.44. The Morgan fingerprint density at radius 1 is 0.292 bits per heavy atom. The van der Waals surface area contributed by atoms with Crippen LogP contribution in [0.25, 0.3) is 0 Å². The van der Waals surface area contributed by atoms with E-state index >= 15 is 0 Å². The summed E-state index contributed by atoms with van der Waals surface area (Å²) in [6, 6.07) is 0. The number of rotatable bonds is 3. The Kier molecular flexibility index (Phi) is 3.66. The van der Waals surface area contributed by atoms with Crippen LogP contribution in [0.3, 0.4) is 0 Å². The average molecular weight is 334 g/mol. The Hall–Kier alpha value is -3.96. The number of hydrogen-bond donors (Lipinski definition) is 12. The molecule has 0 saturated carbocycles. The van der Waals surface area contributed by atoms with Gasteiger partial charge in [-0.15, -0.1) is 0 Å². The van der Waals surface area contributed by atoms with E-state index in [2.05, 4.69) is 10.9 Å². The number of hydrazine groups is 1. The number of nitrogens with one attached hydrogen (secondary N) is 2. The Morgan fingerprint density at radius 3 is 0.667 bits per heavy atom. The van der Waals surface area contributed by atoms with Crippen molar-refractivity contribution < 1.29 is 0 Å². The summed E-state index contributed by atoms with van der Waals surface area (Å²) >= 11 is 0. The van der Waals surface area contributed by atoms with Gasteiger partial charge in [-0.25, -0.2) is 0 Å². The van der Waals surface area contributed by atoms with Crippen molar-refractivity contribution in [2.75, 3.05) is 68.2 Å². The highest BCUT2D eigenvalue weighted by molar-refractivity contribution is 6.06. The molecule has 0 aromatic heterocycles. The summed E-state index contributed by atoms with van der Waals surface area (Å²) in [5, 5.41) is 0. The summed E-state index contributed by atoms with van der Waals surface area (Å²) in [6.45, 7) is 0. The van der Waals surface area contributed by atoms with Gasteiger partial charge in [0.15, 0.2) is 0 Å². The minimum atomic E-state index is 0.0864. The van der Waals surface area contributed by atoms with Gasteiger partial charge in [-0.2, -0.15) is 0 Å². The second kappa shape index (κ2) is 5.35. The fourth-order valence-electron chi connectivity index (χ4n) is 2.09. The van der Waals surface area contributed by atoms with Crippen LogP contribution in [0.2, 0.25) is 0 Å². The first-order chi connectivity index (χ1) is 11.1. The number of hydrogen-bond acceptors (Lipinski definition) is 12. The van der Waals surface area contributed by atoms with Crippen molar-refractivity contribution >= 4 is 68.2 Å². The van der Waals surface area contributed by atoms with E-state index < -0.39 is 0 Å². The van der Waals surface area contributed by atoms with Gasteiger partial charge in [-0.3, -0.25) is 10.9 Å². The van der Waals surface area contributed by atoms with Crippen LogP contribution in [-0.4, -0.2) is 0 Å². The number of benzene rings is 2. The molecule has 0 bridgehead atoms. The van der Waals surface area contributed by atoms with Crippen LogP contribution in [0.5, 0.6) is 0 Å². The highest BCUT2D eigenvalue weighted by atomic mass is 15.4. The Bertz CT molecular complexity index is 700. The molecule has 0 saturated heterocycles. The van der Waals surface area contributed by atoms with Crippen molar-refractivity contribution in [1.29, 1.82) is 0 Å². The molecule has 0 unspecified atom stereocenters. The first-order valence-electron chi connectivity index (χ1n) is 6.64. The fraction of sp³-hybridized carbons (Fsp3) is 0. The molecule has 0 spiro atoms. The molecule has 2 aromatic rings. The quantitative estimate of drug-likeness (QED) is 0.236. The average Bonchev–Trinajstić information content (AvgIpc) is 2.57. The minimum Gasteiger partial charge on any atom is -0.395 e. The summed E-state index contributed by atoms with van der Waals surface area (Å²) in [6.07, 6.45) is 0. The maximum Gasteiger partial charge on any atom is 0.104 e. The predicted octanol–water partition coefficient (Wildman–Crippen LogP) is -1.05. The standard InChI is InChI=1S/C12H22N12/c13-1-3(15)7(19)11(8(20)4(1)16)23-24-12-9(21)5(17)2(14)6(18)10(12)22/h23-24H,13-22H2. The maximum atomic E-state index is 5.90. The maximum absolute atomic E-state index is 5.90. The van der Waals surface area contributed by atoms with Crippen molar-refractivity contribution in [2.24, 2.45) is 0 Å². The first-order valence-corrected chi connectivity index (χ1v) is 6.64. The lowest BCUT2D eigenvalue weighted by Gasteiger charge is -2.22. The normalized spacial score (nSPS) is 10.5. The van der Waals surface area contributed by atoms with E-state index in [1.54, 1.807) is 0 Å². The van der Waals surface area contributed by atoms with Gasteiger partial charge in [0, 0.05) is 0 Å². The molecule has 0 amide bonds. The highest BCUT2D eigenvalue weighted by Gasteiger charge is 2.19.